The third-order valence-electron chi connectivity index (χ3n) is 6.23. The third-order valence-corrected chi connectivity index (χ3v) is 6.23. The van der Waals surface area contributed by atoms with Crippen LogP contribution in [0, 0.1) is 10.1 Å². The van der Waals surface area contributed by atoms with Gasteiger partial charge in [-0.25, -0.2) is 9.48 Å². The van der Waals surface area contributed by atoms with Crippen molar-refractivity contribution in [2.45, 2.75) is 45.1 Å². The second-order valence-electron chi connectivity index (χ2n) is 10.0. The number of ether oxygens (including phenoxy) is 2. The van der Waals surface area contributed by atoms with Crippen molar-refractivity contribution >= 4 is 23.4 Å². The average molecular weight is 522 g/mol. The minimum atomic E-state index is -0.585. The van der Waals surface area contributed by atoms with Gasteiger partial charge in [0, 0.05) is 31.1 Å². The summed E-state index contributed by atoms with van der Waals surface area (Å²) >= 11 is 0. The maximum Gasteiger partial charge on any atom is 0.410 e. The summed E-state index contributed by atoms with van der Waals surface area (Å²) in [6, 6.07) is 13.5. The molecule has 0 unspecified atom stereocenters. The molecule has 38 heavy (non-hydrogen) atoms. The van der Waals surface area contributed by atoms with Crippen LogP contribution in [0.3, 0.4) is 0 Å². The molecule has 11 nitrogen and oxygen atoms in total. The van der Waals surface area contributed by atoms with E-state index in [0.717, 1.165) is 5.69 Å². The van der Waals surface area contributed by atoms with Crippen molar-refractivity contribution in [1.29, 1.82) is 0 Å². The molecule has 2 amide bonds. The molecule has 0 saturated carbocycles. The summed E-state index contributed by atoms with van der Waals surface area (Å²) < 4.78 is 12.6. The Kier molecular flexibility index (Phi) is 7.65. The molecule has 0 radical (unpaired) electrons. The van der Waals surface area contributed by atoms with Crippen LogP contribution in [0.15, 0.2) is 54.7 Å². The summed E-state index contributed by atoms with van der Waals surface area (Å²) in [7, 11) is 1.42. The summed E-state index contributed by atoms with van der Waals surface area (Å²) in [4.78, 5) is 38.5. The van der Waals surface area contributed by atoms with Crippen molar-refractivity contribution in [3.63, 3.8) is 0 Å². The molecule has 1 N–H and O–H groups in total. The predicted molar refractivity (Wildman–Crippen MR) is 141 cm³/mol. The molecule has 1 aromatic heterocycles. The van der Waals surface area contributed by atoms with Gasteiger partial charge in [-0.2, -0.15) is 5.10 Å². The fourth-order valence-corrected chi connectivity index (χ4v) is 4.46. The highest BCUT2D eigenvalue weighted by molar-refractivity contribution is 6.06. The number of hydrogen-bond donors (Lipinski definition) is 1. The molecule has 0 aliphatic carbocycles. The first-order valence-corrected chi connectivity index (χ1v) is 12.3. The molecular formula is C27H31N5O6. The maximum atomic E-state index is 13.5. The van der Waals surface area contributed by atoms with Crippen molar-refractivity contribution in [2.24, 2.45) is 0 Å². The first-order chi connectivity index (χ1) is 18.1. The lowest BCUT2D eigenvalue weighted by atomic mass is 9.90. The van der Waals surface area contributed by atoms with Crippen LogP contribution in [0.25, 0.3) is 5.69 Å². The van der Waals surface area contributed by atoms with E-state index >= 15 is 0 Å². The van der Waals surface area contributed by atoms with E-state index in [9.17, 15) is 19.7 Å². The summed E-state index contributed by atoms with van der Waals surface area (Å²) in [5.74, 6) is -0.230. The minimum absolute atomic E-state index is 0.0656. The van der Waals surface area contributed by atoms with E-state index in [2.05, 4.69) is 10.4 Å². The number of nitrogens with one attached hydrogen (secondary N) is 1. The largest absolute Gasteiger partial charge is 0.495 e. The number of non-ortho nitro benzene ring substituents is 1. The number of nitro benzene ring substituents is 1. The lowest BCUT2D eigenvalue weighted by molar-refractivity contribution is -0.384. The minimum Gasteiger partial charge on any atom is -0.495 e. The van der Waals surface area contributed by atoms with E-state index in [1.807, 2.05) is 51.1 Å². The van der Waals surface area contributed by atoms with E-state index in [1.54, 1.807) is 9.58 Å². The highest BCUT2D eigenvalue weighted by Crippen LogP contribution is 2.34. The van der Waals surface area contributed by atoms with Crippen LogP contribution in [0.5, 0.6) is 5.75 Å². The second kappa shape index (κ2) is 10.9. The van der Waals surface area contributed by atoms with E-state index in [0.29, 0.717) is 42.9 Å². The number of nitrogens with zero attached hydrogens (tertiary/aromatic N) is 4. The van der Waals surface area contributed by atoms with Gasteiger partial charge in [0.2, 0.25) is 0 Å². The van der Waals surface area contributed by atoms with Crippen molar-refractivity contribution in [2.75, 3.05) is 25.5 Å². The van der Waals surface area contributed by atoms with E-state index < -0.39 is 16.4 Å². The van der Waals surface area contributed by atoms with Crippen LogP contribution in [0.1, 0.15) is 55.6 Å². The molecule has 1 saturated heterocycles. The van der Waals surface area contributed by atoms with Gasteiger partial charge in [0.1, 0.15) is 11.4 Å². The van der Waals surface area contributed by atoms with Crippen molar-refractivity contribution in [3.8, 4) is 11.4 Å². The Morgan fingerprint density at radius 1 is 1.11 bits per heavy atom. The summed E-state index contributed by atoms with van der Waals surface area (Å²) in [6.07, 6.45) is 2.36. The molecule has 2 heterocycles. The summed E-state index contributed by atoms with van der Waals surface area (Å²) in [5, 5.41) is 18.6. The van der Waals surface area contributed by atoms with Crippen LogP contribution < -0.4 is 10.1 Å². The zero-order valence-electron chi connectivity index (χ0n) is 21.8. The van der Waals surface area contributed by atoms with Gasteiger partial charge in [0.25, 0.3) is 11.6 Å². The number of piperidine rings is 1. The first-order valence-electron chi connectivity index (χ1n) is 12.3. The molecule has 0 atom stereocenters. The number of anilines is 1. The van der Waals surface area contributed by atoms with Gasteiger partial charge < -0.3 is 19.7 Å². The standard InChI is InChI=1S/C27H31N5O6/c1-27(2,3)38-26(34)30-14-12-18(13-15-30)24-21(17-28-31(24)19-8-6-5-7-9-19)25(33)29-22-16-20(32(35)36)10-11-23(22)37-4/h5-11,16-18H,12-15H2,1-4H3,(H,29,33). The van der Waals surface area contributed by atoms with Crippen molar-refractivity contribution in [3.05, 3.63) is 76.1 Å². The maximum absolute atomic E-state index is 13.5. The number of nitro groups is 1. The van der Waals surface area contributed by atoms with Crippen molar-refractivity contribution < 1.29 is 24.0 Å². The Bertz CT molecular complexity index is 1320. The van der Waals surface area contributed by atoms with E-state index in [4.69, 9.17) is 9.47 Å². The molecule has 1 aliphatic rings. The van der Waals surface area contributed by atoms with Gasteiger partial charge in [0.15, 0.2) is 0 Å². The van der Waals surface area contributed by atoms with Gasteiger partial charge in [-0.15, -0.1) is 0 Å². The van der Waals surface area contributed by atoms with Gasteiger partial charge in [-0.3, -0.25) is 14.9 Å². The number of aromatic nitrogens is 2. The monoisotopic (exact) mass is 521 g/mol. The highest BCUT2D eigenvalue weighted by atomic mass is 16.6. The first kappa shape index (κ1) is 26.6. The summed E-state index contributed by atoms with van der Waals surface area (Å²) in [5.41, 5.74) is 1.28. The molecule has 11 heteroatoms. The molecule has 0 spiro atoms. The molecule has 0 bridgehead atoms. The lowest BCUT2D eigenvalue weighted by Gasteiger charge is -2.34. The average Bonchev–Trinajstić information content (AvgIpc) is 3.33. The Hall–Kier alpha value is -4.41. The van der Waals surface area contributed by atoms with Gasteiger partial charge in [0.05, 0.1) is 40.9 Å². The molecule has 200 valence electrons. The molecule has 4 rings (SSSR count). The normalized spacial score (nSPS) is 14.2. The summed E-state index contributed by atoms with van der Waals surface area (Å²) in [6.45, 7) is 6.44. The van der Waals surface area contributed by atoms with Gasteiger partial charge in [-0.05, 0) is 51.8 Å². The topological polar surface area (TPSA) is 129 Å². The predicted octanol–water partition coefficient (Wildman–Crippen LogP) is 5.16. The molecule has 1 aliphatic heterocycles. The molecule has 3 aromatic rings. The number of likely N-dealkylation sites (tertiary alicyclic amines) is 1. The second-order valence-corrected chi connectivity index (χ2v) is 10.0. The van der Waals surface area contributed by atoms with Crippen LogP contribution in [0.4, 0.5) is 16.2 Å². The van der Waals surface area contributed by atoms with E-state index in [1.165, 1.54) is 31.5 Å². The number of rotatable bonds is 6. The number of benzene rings is 2. The zero-order chi connectivity index (χ0) is 27.4. The Balaban J connectivity index is 1.64. The number of methoxy groups -OCH3 is 1. The number of hydrogen-bond acceptors (Lipinski definition) is 7. The Morgan fingerprint density at radius 2 is 1.79 bits per heavy atom. The molecule has 2 aromatic carbocycles. The van der Waals surface area contributed by atoms with Crippen LogP contribution in [0.2, 0.25) is 0 Å². The molecule has 1 fully saturated rings. The van der Waals surface area contributed by atoms with Crippen molar-refractivity contribution in [1.82, 2.24) is 14.7 Å². The van der Waals surface area contributed by atoms with Crippen LogP contribution in [-0.4, -0.2) is 57.4 Å². The SMILES string of the molecule is COc1ccc([N+](=O)[O-])cc1NC(=O)c1cnn(-c2ccccc2)c1C1CCN(C(=O)OC(C)(C)C)CC1. The number of para-hydroxylation sites is 1. The smallest absolute Gasteiger partial charge is 0.410 e. The van der Waals surface area contributed by atoms with E-state index in [-0.39, 0.29) is 23.4 Å². The molecular weight excluding hydrogens is 490 g/mol. The van der Waals surface area contributed by atoms with Crippen LogP contribution in [-0.2, 0) is 4.74 Å². The Labute approximate surface area is 220 Å². The highest BCUT2D eigenvalue weighted by Gasteiger charge is 2.32. The number of carbonyl (C=O) groups is 2. The number of amides is 2. The zero-order valence-corrected chi connectivity index (χ0v) is 21.8. The third kappa shape index (κ3) is 5.93. The quantitative estimate of drug-likeness (QED) is 0.351. The van der Waals surface area contributed by atoms with Gasteiger partial charge >= 0.3 is 6.09 Å². The fourth-order valence-electron chi connectivity index (χ4n) is 4.46. The number of carbonyl (C=O) groups excluding carboxylic acids is 2. The van der Waals surface area contributed by atoms with Crippen LogP contribution >= 0.6 is 0 Å². The fraction of sp³-hybridized carbons (Fsp3) is 0.370. The lowest BCUT2D eigenvalue weighted by Crippen LogP contribution is -2.41. The Morgan fingerprint density at radius 3 is 2.39 bits per heavy atom. The van der Waals surface area contributed by atoms with Gasteiger partial charge in [-0.1, -0.05) is 18.2 Å².